The zero-order chi connectivity index (χ0) is 20.9. The molecular weight excluding hydrogens is 372 g/mol. The van der Waals surface area contributed by atoms with Gasteiger partial charge < -0.3 is 10.1 Å². The van der Waals surface area contributed by atoms with Gasteiger partial charge >= 0.3 is 6.09 Å². The Labute approximate surface area is 176 Å². The Balaban J connectivity index is 1.36. The van der Waals surface area contributed by atoms with Crippen LogP contribution in [0, 0.1) is 30.1 Å². The van der Waals surface area contributed by atoms with E-state index >= 15 is 0 Å². The molecule has 30 heavy (non-hydrogen) atoms. The number of rotatable bonds is 3. The van der Waals surface area contributed by atoms with E-state index in [0.29, 0.717) is 5.56 Å². The fraction of sp³-hybridized carbons (Fsp3) is 0.154. The van der Waals surface area contributed by atoms with Crippen molar-refractivity contribution in [1.29, 1.82) is 5.26 Å². The second-order valence-electron chi connectivity index (χ2n) is 7.07. The van der Waals surface area contributed by atoms with Crippen molar-refractivity contribution < 1.29 is 9.53 Å². The Bertz CT molecular complexity index is 1170. The lowest BCUT2D eigenvalue weighted by Gasteiger charge is -2.14. The number of hydrogen-bond donors (Lipinski definition) is 1. The van der Waals surface area contributed by atoms with E-state index in [9.17, 15) is 4.79 Å². The maximum atomic E-state index is 12.2. The van der Waals surface area contributed by atoms with Gasteiger partial charge in [0, 0.05) is 11.5 Å². The van der Waals surface area contributed by atoms with Crippen LogP contribution in [0.15, 0.2) is 66.7 Å². The van der Waals surface area contributed by atoms with Crippen molar-refractivity contribution in [3.8, 4) is 29.0 Å². The minimum Gasteiger partial charge on any atom is -0.449 e. The van der Waals surface area contributed by atoms with Crippen molar-refractivity contribution in [1.82, 2.24) is 5.32 Å². The minimum absolute atomic E-state index is 0.0330. The largest absolute Gasteiger partial charge is 0.449 e. The number of nitrogens with zero attached hydrogens (tertiary/aromatic N) is 1. The molecule has 0 radical (unpaired) electrons. The molecule has 0 aromatic heterocycles. The van der Waals surface area contributed by atoms with Gasteiger partial charge in [0.2, 0.25) is 0 Å². The Morgan fingerprint density at radius 3 is 2.27 bits per heavy atom. The van der Waals surface area contributed by atoms with Crippen molar-refractivity contribution >= 4 is 6.09 Å². The number of amides is 1. The molecule has 146 valence electrons. The van der Waals surface area contributed by atoms with Crippen LogP contribution >= 0.6 is 0 Å². The van der Waals surface area contributed by atoms with Gasteiger partial charge in [0.25, 0.3) is 0 Å². The summed E-state index contributed by atoms with van der Waals surface area (Å²) in [7, 11) is 0. The summed E-state index contributed by atoms with van der Waals surface area (Å²) in [6.45, 7) is 2.31. The zero-order valence-corrected chi connectivity index (χ0v) is 16.6. The highest BCUT2D eigenvalue weighted by Crippen LogP contribution is 2.44. The van der Waals surface area contributed by atoms with Crippen LogP contribution in [-0.4, -0.2) is 19.2 Å². The van der Waals surface area contributed by atoms with E-state index in [-0.39, 0.29) is 19.1 Å². The first kappa shape index (κ1) is 19.3. The molecule has 0 fully saturated rings. The Morgan fingerprint density at radius 2 is 1.60 bits per heavy atom. The summed E-state index contributed by atoms with van der Waals surface area (Å²) in [5, 5.41) is 11.8. The molecule has 0 unspecified atom stereocenters. The van der Waals surface area contributed by atoms with Crippen molar-refractivity contribution in [2.24, 2.45) is 0 Å². The van der Waals surface area contributed by atoms with Crippen LogP contribution < -0.4 is 5.32 Å². The van der Waals surface area contributed by atoms with E-state index in [4.69, 9.17) is 10.00 Å². The first-order valence-electron chi connectivity index (χ1n) is 9.76. The summed E-state index contributed by atoms with van der Waals surface area (Å²) in [5.41, 5.74) is 6.98. The monoisotopic (exact) mass is 392 g/mol. The highest BCUT2D eigenvalue weighted by atomic mass is 16.5. The molecule has 1 aliphatic rings. The van der Waals surface area contributed by atoms with E-state index in [1.807, 2.05) is 37.3 Å². The average molecular weight is 392 g/mol. The van der Waals surface area contributed by atoms with Gasteiger partial charge in [0.15, 0.2) is 0 Å². The lowest BCUT2D eigenvalue weighted by molar-refractivity contribution is 0.144. The smallest absolute Gasteiger partial charge is 0.407 e. The van der Waals surface area contributed by atoms with Crippen LogP contribution in [0.3, 0.4) is 0 Å². The molecule has 1 N–H and O–H groups in total. The Morgan fingerprint density at radius 1 is 0.967 bits per heavy atom. The molecular formula is C26H20N2O2. The van der Waals surface area contributed by atoms with Crippen molar-refractivity contribution in [2.45, 2.75) is 12.8 Å². The summed E-state index contributed by atoms with van der Waals surface area (Å²) in [6.07, 6.45) is -0.492. The predicted molar refractivity (Wildman–Crippen MR) is 116 cm³/mol. The van der Waals surface area contributed by atoms with Crippen LogP contribution in [0.2, 0.25) is 0 Å². The second-order valence-corrected chi connectivity index (χ2v) is 7.07. The summed E-state index contributed by atoms with van der Waals surface area (Å²) in [4.78, 5) is 12.2. The molecule has 0 heterocycles. The molecule has 0 saturated heterocycles. The Hall–Kier alpha value is -4.02. The van der Waals surface area contributed by atoms with Gasteiger partial charge in [-0.1, -0.05) is 66.4 Å². The summed E-state index contributed by atoms with van der Waals surface area (Å²) >= 11 is 0. The quantitative estimate of drug-likeness (QED) is 0.654. The maximum absolute atomic E-state index is 12.2. The van der Waals surface area contributed by atoms with E-state index in [1.54, 1.807) is 12.1 Å². The van der Waals surface area contributed by atoms with Gasteiger partial charge in [-0.15, -0.1) is 0 Å². The average Bonchev–Trinajstić information content (AvgIpc) is 3.10. The number of hydrogen-bond acceptors (Lipinski definition) is 3. The molecule has 0 atom stereocenters. The molecule has 0 bridgehead atoms. The fourth-order valence-electron chi connectivity index (χ4n) is 3.80. The van der Waals surface area contributed by atoms with Crippen LogP contribution in [0.25, 0.3) is 11.1 Å². The zero-order valence-electron chi connectivity index (χ0n) is 16.6. The van der Waals surface area contributed by atoms with Gasteiger partial charge in [-0.05, 0) is 46.9 Å². The van der Waals surface area contributed by atoms with Crippen molar-refractivity contribution in [3.05, 3.63) is 94.5 Å². The molecule has 0 saturated carbocycles. The third-order valence-corrected chi connectivity index (χ3v) is 5.34. The first-order valence-corrected chi connectivity index (χ1v) is 9.76. The molecule has 3 aromatic rings. The minimum atomic E-state index is -0.492. The lowest BCUT2D eigenvalue weighted by Crippen LogP contribution is -2.26. The number of alkyl carbamates (subject to hydrolysis) is 1. The molecule has 4 rings (SSSR count). The van der Waals surface area contributed by atoms with Gasteiger partial charge in [0.05, 0.1) is 18.2 Å². The predicted octanol–water partition coefficient (Wildman–Crippen LogP) is 4.76. The van der Waals surface area contributed by atoms with E-state index in [2.05, 4.69) is 47.5 Å². The third kappa shape index (κ3) is 3.77. The van der Waals surface area contributed by atoms with Gasteiger partial charge in [-0.3, -0.25) is 0 Å². The number of nitriles is 1. The third-order valence-electron chi connectivity index (χ3n) is 5.34. The molecule has 4 heteroatoms. The van der Waals surface area contributed by atoms with E-state index in [1.165, 1.54) is 22.3 Å². The fourth-order valence-corrected chi connectivity index (χ4v) is 3.80. The van der Waals surface area contributed by atoms with Crippen molar-refractivity contribution in [2.75, 3.05) is 13.2 Å². The van der Waals surface area contributed by atoms with Crippen LogP contribution in [-0.2, 0) is 4.74 Å². The topological polar surface area (TPSA) is 62.1 Å². The van der Waals surface area contributed by atoms with Crippen LogP contribution in [0.1, 0.15) is 33.7 Å². The highest BCUT2D eigenvalue weighted by molar-refractivity contribution is 5.79. The highest BCUT2D eigenvalue weighted by Gasteiger charge is 2.28. The van der Waals surface area contributed by atoms with E-state index < -0.39 is 6.09 Å². The summed E-state index contributed by atoms with van der Waals surface area (Å²) in [6, 6.07) is 24.0. The number of fused-ring (bicyclic) bond motifs is 3. The number of carbonyl (C=O) groups excluding carboxylic acids is 1. The summed E-state index contributed by atoms with van der Waals surface area (Å²) in [5.74, 6) is 5.94. The molecule has 0 aliphatic heterocycles. The van der Waals surface area contributed by atoms with E-state index in [0.717, 1.165) is 11.1 Å². The maximum Gasteiger partial charge on any atom is 0.407 e. The van der Waals surface area contributed by atoms with Crippen LogP contribution in [0.5, 0.6) is 0 Å². The number of ether oxygens (including phenoxy) is 1. The molecule has 3 aromatic carbocycles. The van der Waals surface area contributed by atoms with Gasteiger partial charge in [-0.25, -0.2) is 4.79 Å². The molecule has 0 spiro atoms. The normalized spacial score (nSPS) is 11.5. The Kier molecular flexibility index (Phi) is 5.50. The molecule has 1 amide bonds. The molecule has 4 nitrogen and oxygen atoms in total. The summed E-state index contributed by atoms with van der Waals surface area (Å²) < 4.78 is 5.49. The second kappa shape index (κ2) is 8.55. The van der Waals surface area contributed by atoms with Gasteiger partial charge in [-0.2, -0.15) is 5.26 Å². The van der Waals surface area contributed by atoms with Crippen molar-refractivity contribution in [3.63, 3.8) is 0 Å². The lowest BCUT2D eigenvalue weighted by atomic mass is 9.98. The first-order chi connectivity index (χ1) is 14.7. The van der Waals surface area contributed by atoms with Gasteiger partial charge in [0.1, 0.15) is 6.61 Å². The molecule has 1 aliphatic carbocycles. The number of benzene rings is 3. The number of nitrogens with one attached hydrogen (secondary N) is 1. The standard InChI is InChI=1S/C26H20N2O2/c1-18-19(8-6-9-20(18)16-27)10-7-15-28-26(29)30-17-25-23-13-4-2-11-21(23)22-12-3-5-14-24(22)25/h2-6,8-9,11-14,25H,15,17H2,1H3,(H,28,29). The van der Waals surface area contributed by atoms with Crippen LogP contribution in [0.4, 0.5) is 4.79 Å². The number of carbonyl (C=O) groups is 1. The SMILES string of the molecule is Cc1c(C#N)cccc1C#CCNC(=O)OCC1c2ccccc2-c2ccccc21.